The summed E-state index contributed by atoms with van der Waals surface area (Å²) in [5, 5.41) is 14.6. The summed E-state index contributed by atoms with van der Waals surface area (Å²) in [6.45, 7) is 2.12. The van der Waals surface area contributed by atoms with Crippen molar-refractivity contribution in [2.45, 2.75) is 18.3 Å². The summed E-state index contributed by atoms with van der Waals surface area (Å²) in [6.07, 6.45) is 0.781. The maximum absolute atomic E-state index is 13.7. The third-order valence-corrected chi connectivity index (χ3v) is 7.69. The molecular formula is C30H24N4OS. The number of hydrazone groups is 2. The first kappa shape index (κ1) is 22.3. The largest absolute Gasteiger partial charge is 0.286 e. The van der Waals surface area contributed by atoms with Crippen molar-refractivity contribution >= 4 is 39.7 Å². The molecule has 0 aliphatic carbocycles. The van der Waals surface area contributed by atoms with Crippen molar-refractivity contribution in [3.8, 4) is 0 Å². The molecule has 36 heavy (non-hydrogen) atoms. The number of benzene rings is 4. The van der Waals surface area contributed by atoms with Gasteiger partial charge in [-0.3, -0.25) is 4.79 Å². The normalized spacial score (nSPS) is 18.6. The fourth-order valence-electron chi connectivity index (χ4n) is 4.70. The first-order chi connectivity index (χ1) is 17.7. The van der Waals surface area contributed by atoms with Crippen molar-refractivity contribution in [1.29, 1.82) is 0 Å². The lowest BCUT2D eigenvalue weighted by Crippen LogP contribution is -2.53. The van der Waals surface area contributed by atoms with Crippen LogP contribution in [-0.4, -0.2) is 16.5 Å². The van der Waals surface area contributed by atoms with Gasteiger partial charge in [0.1, 0.15) is 0 Å². The Balaban J connectivity index is 1.61. The highest BCUT2D eigenvalue weighted by atomic mass is 32.2. The first-order valence-electron chi connectivity index (χ1n) is 12.0. The van der Waals surface area contributed by atoms with Gasteiger partial charge >= 0.3 is 0 Å². The second-order valence-corrected chi connectivity index (χ2v) is 9.71. The van der Waals surface area contributed by atoms with E-state index < -0.39 is 4.99 Å². The Morgan fingerprint density at radius 1 is 0.722 bits per heavy atom. The summed E-state index contributed by atoms with van der Waals surface area (Å²) in [5.74, 6) is -0.103. The molecule has 4 aromatic carbocycles. The molecule has 0 saturated carbocycles. The molecule has 0 radical (unpaired) electrons. The number of fused-ring (bicyclic) bond motifs is 2. The standard InChI is InChI=1S/C30H24N4OS/c1-2-27-25-20-12-13-21-26(25)30(33(31-27)23-16-8-4-9-17-23)34(24-18-10-5-11-19-24)32-29(36-30)28(35)22-14-6-3-7-15-22/h3-21H,2H2,1H3/t30-/m1/s1. The van der Waals surface area contributed by atoms with Gasteiger partial charge in [-0.1, -0.05) is 97.9 Å². The van der Waals surface area contributed by atoms with E-state index in [0.29, 0.717) is 10.6 Å². The smallest absolute Gasteiger partial charge is 0.234 e. The summed E-state index contributed by atoms with van der Waals surface area (Å²) in [7, 11) is 0. The topological polar surface area (TPSA) is 48.3 Å². The van der Waals surface area contributed by atoms with Gasteiger partial charge in [0.25, 0.3) is 0 Å². The molecular weight excluding hydrogens is 464 g/mol. The van der Waals surface area contributed by atoms with Gasteiger partial charge in [0.15, 0.2) is 5.04 Å². The Labute approximate surface area is 214 Å². The van der Waals surface area contributed by atoms with E-state index in [1.165, 1.54) is 11.8 Å². The van der Waals surface area contributed by atoms with Crippen LogP contribution in [0.3, 0.4) is 0 Å². The highest BCUT2D eigenvalue weighted by Gasteiger charge is 2.56. The third kappa shape index (κ3) is 3.53. The molecule has 1 spiro atoms. The lowest BCUT2D eigenvalue weighted by atomic mass is 9.96. The second-order valence-electron chi connectivity index (χ2n) is 8.55. The van der Waals surface area contributed by atoms with Crippen LogP contribution in [0.15, 0.2) is 125 Å². The minimum Gasteiger partial charge on any atom is -0.286 e. The lowest BCUT2D eigenvalue weighted by molar-refractivity contribution is 0.106. The van der Waals surface area contributed by atoms with Crippen molar-refractivity contribution in [1.82, 2.24) is 0 Å². The van der Waals surface area contributed by atoms with Gasteiger partial charge in [-0.25, -0.2) is 10.0 Å². The maximum Gasteiger partial charge on any atom is 0.234 e. The number of nitrogens with zero attached hydrogens (tertiary/aromatic N) is 4. The van der Waals surface area contributed by atoms with E-state index in [-0.39, 0.29) is 5.78 Å². The van der Waals surface area contributed by atoms with E-state index in [9.17, 15) is 4.79 Å². The van der Waals surface area contributed by atoms with Crippen LogP contribution in [0.2, 0.25) is 0 Å². The third-order valence-electron chi connectivity index (χ3n) is 6.38. The first-order valence-corrected chi connectivity index (χ1v) is 12.8. The zero-order valence-corrected chi connectivity index (χ0v) is 20.6. The van der Waals surface area contributed by atoms with Crippen LogP contribution >= 0.6 is 11.8 Å². The lowest BCUT2D eigenvalue weighted by Gasteiger charge is -2.47. The SMILES string of the molecule is CCC1=NN(c2ccccc2)[C@]2(SC(C(=O)c3ccccc3)=NN2c2ccccc2)c2ccccc21. The number of carbonyl (C=O) groups excluding carboxylic acids is 1. The number of rotatable bonds is 5. The van der Waals surface area contributed by atoms with Crippen LogP contribution in [0.4, 0.5) is 11.4 Å². The molecule has 2 heterocycles. The van der Waals surface area contributed by atoms with Crippen molar-refractivity contribution in [3.05, 3.63) is 132 Å². The van der Waals surface area contributed by atoms with Crippen molar-refractivity contribution in [2.24, 2.45) is 10.2 Å². The molecule has 2 aliphatic rings. The van der Waals surface area contributed by atoms with Crippen molar-refractivity contribution in [2.75, 3.05) is 10.0 Å². The van der Waals surface area contributed by atoms with E-state index in [4.69, 9.17) is 10.2 Å². The molecule has 176 valence electrons. The van der Waals surface area contributed by atoms with Crippen LogP contribution in [0.1, 0.15) is 34.8 Å². The van der Waals surface area contributed by atoms with Gasteiger partial charge in [0.05, 0.1) is 17.1 Å². The Kier molecular flexibility index (Phi) is 5.66. The molecule has 6 heteroatoms. The van der Waals surface area contributed by atoms with E-state index in [2.05, 4.69) is 19.1 Å². The van der Waals surface area contributed by atoms with Gasteiger partial charge in [-0.2, -0.15) is 10.2 Å². The number of para-hydroxylation sites is 2. The number of anilines is 2. The molecule has 0 amide bonds. The Bertz CT molecular complexity index is 1470. The quantitative estimate of drug-likeness (QED) is 0.287. The number of hydrogen-bond acceptors (Lipinski definition) is 6. The van der Waals surface area contributed by atoms with Gasteiger partial charge in [0.2, 0.25) is 10.8 Å². The average Bonchev–Trinajstić information content (AvgIpc) is 3.35. The number of thioether (sulfide) groups is 1. The summed E-state index contributed by atoms with van der Waals surface area (Å²) >= 11 is 1.44. The minimum absolute atomic E-state index is 0.103. The predicted octanol–water partition coefficient (Wildman–Crippen LogP) is 6.88. The van der Waals surface area contributed by atoms with E-state index in [1.807, 2.05) is 113 Å². The molecule has 0 bridgehead atoms. The summed E-state index contributed by atoms with van der Waals surface area (Å²) in [4.78, 5) is 12.8. The highest BCUT2D eigenvalue weighted by Crippen LogP contribution is 2.55. The molecule has 0 saturated heterocycles. The van der Waals surface area contributed by atoms with Crippen LogP contribution in [-0.2, 0) is 4.99 Å². The van der Waals surface area contributed by atoms with Gasteiger partial charge in [-0.15, -0.1) is 0 Å². The molecule has 0 N–H and O–H groups in total. The fraction of sp³-hybridized carbons (Fsp3) is 0.100. The van der Waals surface area contributed by atoms with Crippen LogP contribution < -0.4 is 10.0 Å². The highest BCUT2D eigenvalue weighted by molar-refractivity contribution is 8.17. The van der Waals surface area contributed by atoms with E-state index in [0.717, 1.165) is 34.6 Å². The monoisotopic (exact) mass is 488 g/mol. The number of ketones is 1. The Hall–Kier alpha value is -4.16. The molecule has 0 fully saturated rings. The molecule has 0 aromatic heterocycles. The second kappa shape index (κ2) is 9.13. The fourth-order valence-corrected chi connectivity index (χ4v) is 6.06. The van der Waals surface area contributed by atoms with Crippen LogP contribution in [0.25, 0.3) is 0 Å². The molecule has 6 rings (SSSR count). The van der Waals surface area contributed by atoms with Gasteiger partial charge in [0, 0.05) is 16.7 Å². The number of Topliss-reactive ketones (excluding diaryl/α,β-unsaturated/α-hetero) is 1. The number of hydrogen-bond donors (Lipinski definition) is 0. The molecule has 5 nitrogen and oxygen atoms in total. The predicted molar refractivity (Wildman–Crippen MR) is 149 cm³/mol. The zero-order chi connectivity index (χ0) is 24.5. The number of carbonyl (C=O) groups is 1. The Morgan fingerprint density at radius 3 is 1.86 bits per heavy atom. The summed E-state index contributed by atoms with van der Waals surface area (Å²) in [5.41, 5.74) is 5.54. The van der Waals surface area contributed by atoms with E-state index in [1.54, 1.807) is 0 Å². The Morgan fingerprint density at radius 2 is 1.25 bits per heavy atom. The van der Waals surface area contributed by atoms with Crippen LogP contribution in [0, 0.1) is 0 Å². The van der Waals surface area contributed by atoms with Gasteiger partial charge in [-0.05, 0) is 42.4 Å². The van der Waals surface area contributed by atoms with Gasteiger partial charge < -0.3 is 0 Å². The van der Waals surface area contributed by atoms with Crippen LogP contribution in [0.5, 0.6) is 0 Å². The zero-order valence-electron chi connectivity index (χ0n) is 19.8. The van der Waals surface area contributed by atoms with Crippen molar-refractivity contribution < 1.29 is 4.79 Å². The molecule has 1 atom stereocenters. The van der Waals surface area contributed by atoms with E-state index >= 15 is 0 Å². The summed E-state index contributed by atoms with van der Waals surface area (Å²) < 4.78 is 0. The molecule has 0 unspecified atom stereocenters. The summed E-state index contributed by atoms with van der Waals surface area (Å²) in [6, 6.07) is 37.8. The molecule has 4 aromatic rings. The maximum atomic E-state index is 13.7. The molecule has 2 aliphatic heterocycles. The van der Waals surface area contributed by atoms with Crippen molar-refractivity contribution in [3.63, 3.8) is 0 Å². The average molecular weight is 489 g/mol. The minimum atomic E-state index is -0.919.